The molecule has 0 radical (unpaired) electrons. The van der Waals surface area contributed by atoms with Crippen molar-refractivity contribution < 1.29 is 5.11 Å². The third kappa shape index (κ3) is 2.16. The van der Waals surface area contributed by atoms with Crippen LogP contribution in [0.25, 0.3) is 0 Å². The van der Waals surface area contributed by atoms with Crippen molar-refractivity contribution in [3.63, 3.8) is 0 Å². The van der Waals surface area contributed by atoms with Crippen LogP contribution in [0.4, 0.5) is 0 Å². The molecule has 0 saturated heterocycles. The van der Waals surface area contributed by atoms with Gasteiger partial charge >= 0.3 is 0 Å². The Kier molecular flexibility index (Phi) is 2.88. The van der Waals surface area contributed by atoms with Crippen LogP contribution in [0, 0.1) is 12.8 Å². The van der Waals surface area contributed by atoms with E-state index in [0.717, 1.165) is 17.8 Å². The topological polar surface area (TPSA) is 33.1 Å². The van der Waals surface area contributed by atoms with E-state index in [1.807, 2.05) is 31.2 Å². The summed E-state index contributed by atoms with van der Waals surface area (Å²) < 4.78 is 0. The zero-order chi connectivity index (χ0) is 12.5. The van der Waals surface area contributed by atoms with Gasteiger partial charge in [0.05, 0.1) is 11.8 Å². The first-order valence-corrected chi connectivity index (χ1v) is 6.42. The van der Waals surface area contributed by atoms with Crippen LogP contribution in [0.5, 0.6) is 0 Å². The van der Waals surface area contributed by atoms with E-state index < -0.39 is 6.10 Å². The third-order valence-electron chi connectivity index (χ3n) is 3.69. The fourth-order valence-corrected chi connectivity index (χ4v) is 2.60. The molecule has 2 aromatic rings. The van der Waals surface area contributed by atoms with Gasteiger partial charge in [-0.05, 0) is 42.9 Å². The number of aryl methyl sites for hydroxylation is 1. The standard InChI is InChI=1S/C16H17NO/c1-11-6-5-9-15(17-11)16(18)14-10-13(14)12-7-3-2-4-8-12/h2-9,13-14,16,18H,10H2,1H3. The molecule has 1 fully saturated rings. The van der Waals surface area contributed by atoms with Crippen LogP contribution >= 0.6 is 0 Å². The second-order valence-corrected chi connectivity index (χ2v) is 5.07. The lowest BCUT2D eigenvalue weighted by Crippen LogP contribution is -2.04. The molecule has 3 rings (SSSR count). The zero-order valence-electron chi connectivity index (χ0n) is 10.5. The van der Waals surface area contributed by atoms with E-state index in [2.05, 4.69) is 29.2 Å². The van der Waals surface area contributed by atoms with Gasteiger partial charge < -0.3 is 5.11 Å². The van der Waals surface area contributed by atoms with E-state index in [4.69, 9.17) is 0 Å². The Morgan fingerprint density at radius 3 is 2.61 bits per heavy atom. The second kappa shape index (κ2) is 4.54. The Morgan fingerprint density at radius 1 is 1.11 bits per heavy atom. The van der Waals surface area contributed by atoms with Crippen molar-refractivity contribution >= 4 is 0 Å². The molecule has 1 aromatic carbocycles. The molecule has 2 nitrogen and oxygen atoms in total. The molecule has 1 saturated carbocycles. The van der Waals surface area contributed by atoms with Gasteiger partial charge in [0.1, 0.15) is 0 Å². The summed E-state index contributed by atoms with van der Waals surface area (Å²) in [6.07, 6.45) is 0.621. The summed E-state index contributed by atoms with van der Waals surface area (Å²) in [5.74, 6) is 0.810. The largest absolute Gasteiger partial charge is 0.386 e. The number of rotatable bonds is 3. The molecule has 1 aliphatic rings. The Bertz CT molecular complexity index is 538. The number of aliphatic hydroxyl groups is 1. The van der Waals surface area contributed by atoms with Crippen LogP contribution in [-0.4, -0.2) is 10.1 Å². The molecule has 0 bridgehead atoms. The van der Waals surface area contributed by atoms with Crippen molar-refractivity contribution in [3.8, 4) is 0 Å². The minimum atomic E-state index is -0.435. The van der Waals surface area contributed by atoms with Crippen molar-refractivity contribution in [1.82, 2.24) is 4.98 Å². The summed E-state index contributed by atoms with van der Waals surface area (Å²) in [7, 11) is 0. The molecule has 1 N–H and O–H groups in total. The Morgan fingerprint density at radius 2 is 1.89 bits per heavy atom. The minimum Gasteiger partial charge on any atom is -0.386 e. The predicted octanol–water partition coefficient (Wildman–Crippen LogP) is 3.23. The number of nitrogens with zero attached hydrogens (tertiary/aromatic N) is 1. The third-order valence-corrected chi connectivity index (χ3v) is 3.69. The highest BCUT2D eigenvalue weighted by Gasteiger charge is 2.44. The first-order valence-electron chi connectivity index (χ1n) is 6.42. The van der Waals surface area contributed by atoms with E-state index in [0.29, 0.717) is 11.8 Å². The molecular formula is C16H17NO. The maximum Gasteiger partial charge on any atom is 0.0993 e. The highest BCUT2D eigenvalue weighted by atomic mass is 16.3. The lowest BCUT2D eigenvalue weighted by atomic mass is 10.0. The molecule has 18 heavy (non-hydrogen) atoms. The van der Waals surface area contributed by atoms with Crippen LogP contribution in [0.1, 0.15) is 35.4 Å². The smallest absolute Gasteiger partial charge is 0.0993 e. The van der Waals surface area contributed by atoms with Crippen LogP contribution in [0.3, 0.4) is 0 Å². The van der Waals surface area contributed by atoms with Gasteiger partial charge in [0, 0.05) is 5.69 Å². The average molecular weight is 239 g/mol. The van der Waals surface area contributed by atoms with Crippen LogP contribution in [-0.2, 0) is 0 Å². The van der Waals surface area contributed by atoms with Crippen LogP contribution in [0.15, 0.2) is 48.5 Å². The van der Waals surface area contributed by atoms with Crippen molar-refractivity contribution in [2.24, 2.45) is 5.92 Å². The average Bonchev–Trinajstić information content (AvgIpc) is 3.19. The molecule has 2 heteroatoms. The Balaban J connectivity index is 1.75. The van der Waals surface area contributed by atoms with Gasteiger partial charge in [-0.1, -0.05) is 36.4 Å². The fourth-order valence-electron chi connectivity index (χ4n) is 2.60. The number of hydrogen-bond donors (Lipinski definition) is 1. The molecule has 1 aliphatic carbocycles. The van der Waals surface area contributed by atoms with Crippen LogP contribution < -0.4 is 0 Å². The molecule has 0 aliphatic heterocycles. The zero-order valence-corrected chi connectivity index (χ0v) is 10.5. The molecule has 1 aromatic heterocycles. The highest BCUT2D eigenvalue weighted by Crippen LogP contribution is 2.53. The number of pyridine rings is 1. The Labute approximate surface area is 107 Å². The highest BCUT2D eigenvalue weighted by molar-refractivity contribution is 5.28. The number of aliphatic hydroxyl groups excluding tert-OH is 1. The first kappa shape index (κ1) is 11.4. The molecule has 0 spiro atoms. The number of hydrogen-bond acceptors (Lipinski definition) is 2. The lowest BCUT2D eigenvalue weighted by Gasteiger charge is -2.10. The van der Waals surface area contributed by atoms with Crippen molar-refractivity contribution in [2.75, 3.05) is 0 Å². The van der Waals surface area contributed by atoms with Gasteiger partial charge in [0.15, 0.2) is 0 Å². The number of benzene rings is 1. The van der Waals surface area contributed by atoms with Gasteiger partial charge in [0.25, 0.3) is 0 Å². The Hall–Kier alpha value is -1.67. The van der Waals surface area contributed by atoms with Crippen molar-refractivity contribution in [2.45, 2.75) is 25.4 Å². The first-order chi connectivity index (χ1) is 8.75. The lowest BCUT2D eigenvalue weighted by molar-refractivity contribution is 0.146. The molecule has 1 heterocycles. The van der Waals surface area contributed by atoms with E-state index in [-0.39, 0.29) is 0 Å². The molecular weight excluding hydrogens is 222 g/mol. The quantitative estimate of drug-likeness (QED) is 0.892. The maximum absolute atomic E-state index is 10.4. The van der Waals surface area contributed by atoms with E-state index in [1.54, 1.807) is 0 Å². The molecule has 3 unspecified atom stereocenters. The minimum absolute atomic E-state index is 0.321. The fraction of sp³-hybridized carbons (Fsp3) is 0.312. The summed E-state index contributed by atoms with van der Waals surface area (Å²) in [5, 5.41) is 10.4. The molecule has 3 atom stereocenters. The molecule has 0 amide bonds. The summed E-state index contributed by atoms with van der Waals surface area (Å²) in [6, 6.07) is 16.3. The summed E-state index contributed by atoms with van der Waals surface area (Å²) in [5.41, 5.74) is 3.09. The van der Waals surface area contributed by atoms with Crippen molar-refractivity contribution in [3.05, 3.63) is 65.5 Å². The van der Waals surface area contributed by atoms with Gasteiger partial charge in [-0.15, -0.1) is 0 Å². The van der Waals surface area contributed by atoms with Gasteiger partial charge in [-0.2, -0.15) is 0 Å². The normalized spacial score (nSPS) is 23.7. The van der Waals surface area contributed by atoms with Crippen LogP contribution in [0.2, 0.25) is 0 Å². The van der Waals surface area contributed by atoms with E-state index in [9.17, 15) is 5.11 Å². The second-order valence-electron chi connectivity index (χ2n) is 5.07. The SMILES string of the molecule is Cc1cccc(C(O)C2CC2c2ccccc2)n1. The van der Waals surface area contributed by atoms with E-state index in [1.165, 1.54) is 5.56 Å². The van der Waals surface area contributed by atoms with E-state index >= 15 is 0 Å². The monoisotopic (exact) mass is 239 g/mol. The summed E-state index contributed by atoms with van der Waals surface area (Å²) >= 11 is 0. The predicted molar refractivity (Wildman–Crippen MR) is 71.2 cm³/mol. The van der Waals surface area contributed by atoms with Gasteiger partial charge in [-0.25, -0.2) is 0 Å². The maximum atomic E-state index is 10.4. The number of aromatic nitrogens is 1. The summed E-state index contributed by atoms with van der Waals surface area (Å²) in [4.78, 5) is 4.41. The van der Waals surface area contributed by atoms with Crippen molar-refractivity contribution in [1.29, 1.82) is 0 Å². The van der Waals surface area contributed by atoms with Gasteiger partial charge in [-0.3, -0.25) is 4.98 Å². The summed E-state index contributed by atoms with van der Waals surface area (Å²) in [6.45, 7) is 1.96. The van der Waals surface area contributed by atoms with Gasteiger partial charge in [0.2, 0.25) is 0 Å². The molecule has 92 valence electrons.